The van der Waals surface area contributed by atoms with Crippen molar-refractivity contribution in [1.29, 1.82) is 0 Å². The lowest BCUT2D eigenvalue weighted by atomic mass is 10.1. The number of aliphatic hydroxyl groups excluding tert-OH is 1. The average molecular weight is 298 g/mol. The molecule has 0 fully saturated rings. The molecule has 0 saturated carbocycles. The second-order valence-electron chi connectivity index (χ2n) is 4.31. The van der Waals surface area contributed by atoms with Crippen LogP contribution in [0.4, 0.5) is 4.39 Å². The molecule has 3 nitrogen and oxygen atoms in total. The molecule has 0 amide bonds. The van der Waals surface area contributed by atoms with Crippen LogP contribution in [0.15, 0.2) is 48.5 Å². The van der Waals surface area contributed by atoms with Crippen LogP contribution < -0.4 is 10.5 Å². The SMILES string of the molecule is Cl.NC(CO)Cc1ccccc1Oc1ccc(F)cc1. The van der Waals surface area contributed by atoms with E-state index in [-0.39, 0.29) is 30.9 Å². The lowest BCUT2D eigenvalue weighted by Crippen LogP contribution is -2.26. The summed E-state index contributed by atoms with van der Waals surface area (Å²) in [6, 6.07) is 13.0. The molecule has 0 radical (unpaired) electrons. The average Bonchev–Trinajstić information content (AvgIpc) is 2.43. The molecule has 0 aromatic heterocycles. The van der Waals surface area contributed by atoms with E-state index in [1.165, 1.54) is 12.1 Å². The van der Waals surface area contributed by atoms with Crippen molar-refractivity contribution in [3.8, 4) is 11.5 Å². The Hall–Kier alpha value is -1.62. The van der Waals surface area contributed by atoms with Gasteiger partial charge in [0.1, 0.15) is 17.3 Å². The molecule has 0 heterocycles. The Balaban J connectivity index is 0.00000200. The van der Waals surface area contributed by atoms with Crippen molar-refractivity contribution in [2.45, 2.75) is 12.5 Å². The molecule has 2 aromatic rings. The van der Waals surface area contributed by atoms with E-state index in [4.69, 9.17) is 15.6 Å². The first-order valence-electron chi connectivity index (χ1n) is 6.07. The molecule has 2 aromatic carbocycles. The maximum Gasteiger partial charge on any atom is 0.130 e. The molecule has 1 unspecified atom stereocenters. The number of halogens is 2. The fourth-order valence-corrected chi connectivity index (χ4v) is 1.75. The lowest BCUT2D eigenvalue weighted by molar-refractivity contribution is 0.264. The number of hydrogen-bond acceptors (Lipinski definition) is 3. The summed E-state index contributed by atoms with van der Waals surface area (Å²) >= 11 is 0. The zero-order chi connectivity index (χ0) is 13.7. The van der Waals surface area contributed by atoms with Gasteiger partial charge in [0.15, 0.2) is 0 Å². The summed E-state index contributed by atoms with van der Waals surface area (Å²) in [5, 5.41) is 9.00. The number of benzene rings is 2. The molecule has 20 heavy (non-hydrogen) atoms. The van der Waals surface area contributed by atoms with Gasteiger partial charge in [0, 0.05) is 6.04 Å². The number of rotatable bonds is 5. The van der Waals surface area contributed by atoms with Crippen molar-refractivity contribution < 1.29 is 14.2 Å². The highest BCUT2D eigenvalue weighted by atomic mass is 35.5. The van der Waals surface area contributed by atoms with Gasteiger partial charge < -0.3 is 15.6 Å². The second-order valence-corrected chi connectivity index (χ2v) is 4.31. The highest BCUT2D eigenvalue weighted by Gasteiger charge is 2.08. The quantitative estimate of drug-likeness (QED) is 0.892. The summed E-state index contributed by atoms with van der Waals surface area (Å²) in [6.07, 6.45) is 0.522. The molecule has 5 heteroatoms. The highest BCUT2D eigenvalue weighted by Crippen LogP contribution is 2.26. The normalized spacial score (nSPS) is 11.6. The van der Waals surface area contributed by atoms with E-state index in [1.807, 2.05) is 24.3 Å². The summed E-state index contributed by atoms with van der Waals surface area (Å²) in [7, 11) is 0. The summed E-state index contributed by atoms with van der Waals surface area (Å²) in [5.41, 5.74) is 6.64. The minimum atomic E-state index is -0.321. The minimum absolute atomic E-state index is 0. The van der Waals surface area contributed by atoms with Crippen LogP contribution in [0, 0.1) is 5.82 Å². The first kappa shape index (κ1) is 16.4. The van der Waals surface area contributed by atoms with Crippen molar-refractivity contribution in [3.63, 3.8) is 0 Å². The van der Waals surface area contributed by atoms with Gasteiger partial charge in [-0.3, -0.25) is 0 Å². The van der Waals surface area contributed by atoms with Gasteiger partial charge in [-0.2, -0.15) is 0 Å². The van der Waals surface area contributed by atoms with E-state index < -0.39 is 0 Å². The van der Waals surface area contributed by atoms with E-state index in [9.17, 15) is 4.39 Å². The summed E-state index contributed by atoms with van der Waals surface area (Å²) in [5.74, 6) is 0.923. The van der Waals surface area contributed by atoms with E-state index in [2.05, 4.69) is 0 Å². The molecule has 0 aliphatic rings. The third-order valence-corrected chi connectivity index (χ3v) is 2.73. The standard InChI is InChI=1S/C15H16FNO2.ClH/c16-12-5-7-14(8-6-12)19-15-4-2-1-3-11(15)9-13(17)10-18;/h1-8,13,18H,9-10,17H2;1H. The number of hydrogen-bond donors (Lipinski definition) is 2. The molecular formula is C15H17ClFNO2. The van der Waals surface area contributed by atoms with Crippen molar-refractivity contribution in [2.24, 2.45) is 5.73 Å². The van der Waals surface area contributed by atoms with Crippen molar-refractivity contribution in [2.75, 3.05) is 6.61 Å². The number of nitrogens with two attached hydrogens (primary N) is 1. The predicted molar refractivity (Wildman–Crippen MR) is 78.9 cm³/mol. The van der Waals surface area contributed by atoms with E-state index >= 15 is 0 Å². The molecule has 0 aliphatic heterocycles. The number of para-hydroxylation sites is 1. The Labute approximate surface area is 123 Å². The first-order valence-corrected chi connectivity index (χ1v) is 6.07. The Bertz CT molecular complexity index is 534. The third kappa shape index (κ3) is 4.49. The number of ether oxygens (including phenoxy) is 1. The van der Waals surface area contributed by atoms with Gasteiger partial charge in [0.25, 0.3) is 0 Å². The number of aliphatic hydroxyl groups is 1. The van der Waals surface area contributed by atoms with Gasteiger partial charge in [-0.15, -0.1) is 12.4 Å². The molecule has 0 saturated heterocycles. The summed E-state index contributed by atoms with van der Waals surface area (Å²) in [4.78, 5) is 0. The topological polar surface area (TPSA) is 55.5 Å². The monoisotopic (exact) mass is 297 g/mol. The Morgan fingerprint density at radius 3 is 2.40 bits per heavy atom. The van der Waals surface area contributed by atoms with Gasteiger partial charge in [-0.05, 0) is 42.3 Å². The van der Waals surface area contributed by atoms with Crippen LogP contribution in [-0.4, -0.2) is 17.8 Å². The fraction of sp³-hybridized carbons (Fsp3) is 0.200. The van der Waals surface area contributed by atoms with E-state index in [0.29, 0.717) is 17.9 Å². The van der Waals surface area contributed by atoms with Crippen LogP contribution >= 0.6 is 12.4 Å². The van der Waals surface area contributed by atoms with Crippen LogP contribution in [0.25, 0.3) is 0 Å². The van der Waals surface area contributed by atoms with Gasteiger partial charge in [-0.25, -0.2) is 4.39 Å². The molecule has 0 aliphatic carbocycles. The van der Waals surface area contributed by atoms with Crippen molar-refractivity contribution >= 4 is 12.4 Å². The van der Waals surface area contributed by atoms with E-state index in [1.54, 1.807) is 12.1 Å². The molecule has 2 rings (SSSR count). The maximum atomic E-state index is 12.8. The van der Waals surface area contributed by atoms with Gasteiger partial charge >= 0.3 is 0 Å². The Morgan fingerprint density at radius 2 is 1.75 bits per heavy atom. The highest BCUT2D eigenvalue weighted by molar-refractivity contribution is 5.85. The molecule has 108 valence electrons. The maximum absolute atomic E-state index is 12.8. The molecule has 3 N–H and O–H groups in total. The van der Waals surface area contributed by atoms with Crippen LogP contribution in [0.2, 0.25) is 0 Å². The summed E-state index contributed by atoms with van der Waals surface area (Å²) in [6.45, 7) is -0.0785. The van der Waals surface area contributed by atoms with Crippen LogP contribution in [-0.2, 0) is 6.42 Å². The zero-order valence-corrected chi connectivity index (χ0v) is 11.6. The third-order valence-electron chi connectivity index (χ3n) is 2.73. The minimum Gasteiger partial charge on any atom is -0.457 e. The zero-order valence-electron chi connectivity index (χ0n) is 10.8. The predicted octanol–water partition coefficient (Wildman–Crippen LogP) is 2.90. The molecular weight excluding hydrogens is 281 g/mol. The van der Waals surface area contributed by atoms with E-state index in [0.717, 1.165) is 5.56 Å². The Kier molecular flexibility index (Phi) is 6.45. The molecule has 0 spiro atoms. The van der Waals surface area contributed by atoms with Crippen molar-refractivity contribution in [3.05, 3.63) is 59.9 Å². The smallest absolute Gasteiger partial charge is 0.130 e. The van der Waals surface area contributed by atoms with Gasteiger partial charge in [0.05, 0.1) is 6.61 Å². The van der Waals surface area contributed by atoms with Crippen LogP contribution in [0.1, 0.15) is 5.56 Å². The van der Waals surface area contributed by atoms with Gasteiger partial charge in [-0.1, -0.05) is 18.2 Å². The lowest BCUT2D eigenvalue weighted by Gasteiger charge is -2.13. The second kappa shape index (κ2) is 7.85. The van der Waals surface area contributed by atoms with Gasteiger partial charge in [0.2, 0.25) is 0 Å². The largest absolute Gasteiger partial charge is 0.457 e. The fourth-order valence-electron chi connectivity index (χ4n) is 1.75. The molecule has 1 atom stereocenters. The molecule has 0 bridgehead atoms. The van der Waals surface area contributed by atoms with Crippen LogP contribution in [0.5, 0.6) is 11.5 Å². The van der Waals surface area contributed by atoms with Crippen molar-refractivity contribution in [1.82, 2.24) is 0 Å². The summed E-state index contributed by atoms with van der Waals surface area (Å²) < 4.78 is 18.5. The van der Waals surface area contributed by atoms with Crippen LogP contribution in [0.3, 0.4) is 0 Å². The Morgan fingerprint density at radius 1 is 1.10 bits per heavy atom. The first-order chi connectivity index (χ1) is 9.19.